The summed E-state index contributed by atoms with van der Waals surface area (Å²) in [6.07, 6.45) is 1.60. The topological polar surface area (TPSA) is 100 Å². The lowest BCUT2D eigenvalue weighted by Crippen LogP contribution is -2.27. The Hall–Kier alpha value is -1.70. The number of ether oxygens (including phenoxy) is 1. The molecule has 0 aromatic carbocycles. The first kappa shape index (κ1) is 11.4. The normalized spacial score (nSPS) is 28.0. The summed E-state index contributed by atoms with van der Waals surface area (Å²) in [5, 5.41) is 19.5. The number of nitrogens with one attached hydrogen (secondary N) is 1. The van der Waals surface area contributed by atoms with Crippen molar-refractivity contribution >= 4 is 11.0 Å². The number of H-pyrrole nitrogens is 1. The Bertz CT molecular complexity index is 620. The van der Waals surface area contributed by atoms with Crippen molar-refractivity contribution in [2.24, 2.45) is 0 Å². The number of aromatic nitrogens is 3. The molecule has 3 heterocycles. The van der Waals surface area contributed by atoms with Gasteiger partial charge in [-0.05, 0) is 6.07 Å². The molecular formula is C11H13N3O4. The Morgan fingerprint density at radius 2 is 2.44 bits per heavy atom. The van der Waals surface area contributed by atoms with E-state index in [1.165, 1.54) is 4.57 Å². The molecule has 2 aromatic rings. The molecule has 7 heteroatoms. The first-order valence-electron chi connectivity index (χ1n) is 5.69. The van der Waals surface area contributed by atoms with Crippen LogP contribution in [0, 0.1) is 0 Å². The van der Waals surface area contributed by atoms with Crippen LogP contribution in [-0.2, 0) is 4.74 Å². The van der Waals surface area contributed by atoms with Crippen LogP contribution in [0.5, 0.6) is 0 Å². The van der Waals surface area contributed by atoms with E-state index in [2.05, 4.69) is 9.97 Å². The molecule has 0 saturated carbocycles. The monoisotopic (exact) mass is 251 g/mol. The van der Waals surface area contributed by atoms with E-state index in [9.17, 15) is 9.90 Å². The molecule has 0 unspecified atom stereocenters. The summed E-state index contributed by atoms with van der Waals surface area (Å²) in [5.74, 6) is 0. The summed E-state index contributed by atoms with van der Waals surface area (Å²) in [6.45, 7) is -0.272. The highest BCUT2D eigenvalue weighted by atomic mass is 16.5. The number of rotatable bonds is 2. The summed E-state index contributed by atoms with van der Waals surface area (Å²) in [6, 6.07) is 1.80. The lowest BCUT2D eigenvalue weighted by molar-refractivity contribution is -0.0457. The third-order valence-electron chi connectivity index (χ3n) is 3.16. The zero-order chi connectivity index (χ0) is 12.7. The Kier molecular flexibility index (Phi) is 2.66. The molecule has 3 atom stereocenters. The standard InChI is InChI=1S/C11H13N3O4/c15-5-8-7(16)3-9(18-8)14-4-6-1-2-12-10(6)13-11(14)17/h1-2,4,7-9,15-16H,3,5H2,(H,12,13,17)/t7-,8-,9-/m1/s1. The predicted octanol–water partition coefficient (Wildman–Crippen LogP) is -0.635. The van der Waals surface area contributed by atoms with Crippen LogP contribution in [0.3, 0.4) is 0 Å². The molecule has 0 spiro atoms. The molecule has 0 radical (unpaired) electrons. The number of fused-ring (bicyclic) bond motifs is 1. The zero-order valence-electron chi connectivity index (χ0n) is 9.48. The third-order valence-corrected chi connectivity index (χ3v) is 3.16. The number of aliphatic hydroxyl groups excluding tert-OH is 2. The molecule has 1 fully saturated rings. The number of hydrogen-bond acceptors (Lipinski definition) is 5. The van der Waals surface area contributed by atoms with Gasteiger partial charge in [-0.1, -0.05) is 0 Å². The summed E-state index contributed by atoms with van der Waals surface area (Å²) in [7, 11) is 0. The first-order chi connectivity index (χ1) is 8.69. The van der Waals surface area contributed by atoms with Crippen LogP contribution in [0.2, 0.25) is 0 Å². The summed E-state index contributed by atoms with van der Waals surface area (Å²) in [5.41, 5.74) is 0.0780. The summed E-state index contributed by atoms with van der Waals surface area (Å²) < 4.78 is 6.77. The maximum atomic E-state index is 11.8. The van der Waals surface area contributed by atoms with Gasteiger partial charge in [-0.2, -0.15) is 4.98 Å². The van der Waals surface area contributed by atoms with Gasteiger partial charge in [-0.15, -0.1) is 0 Å². The lowest BCUT2D eigenvalue weighted by atomic mass is 10.2. The van der Waals surface area contributed by atoms with E-state index < -0.39 is 24.1 Å². The van der Waals surface area contributed by atoms with Crippen molar-refractivity contribution in [2.75, 3.05) is 6.61 Å². The van der Waals surface area contributed by atoms with Crippen molar-refractivity contribution in [2.45, 2.75) is 24.9 Å². The van der Waals surface area contributed by atoms with Gasteiger partial charge in [-0.3, -0.25) is 4.57 Å². The van der Waals surface area contributed by atoms with Crippen LogP contribution in [0.15, 0.2) is 23.3 Å². The average molecular weight is 251 g/mol. The Morgan fingerprint density at radius 1 is 1.61 bits per heavy atom. The molecule has 0 amide bonds. The summed E-state index contributed by atoms with van der Waals surface area (Å²) >= 11 is 0. The molecule has 7 nitrogen and oxygen atoms in total. The minimum Gasteiger partial charge on any atom is -0.394 e. The number of hydrogen-bond donors (Lipinski definition) is 3. The largest absolute Gasteiger partial charge is 0.394 e. The van der Waals surface area contributed by atoms with Crippen molar-refractivity contribution < 1.29 is 14.9 Å². The molecular weight excluding hydrogens is 238 g/mol. The van der Waals surface area contributed by atoms with Crippen LogP contribution in [0.25, 0.3) is 11.0 Å². The Labute approximate surface area is 102 Å². The fraction of sp³-hybridized carbons (Fsp3) is 0.455. The van der Waals surface area contributed by atoms with Crippen LogP contribution >= 0.6 is 0 Å². The van der Waals surface area contributed by atoms with E-state index in [1.54, 1.807) is 18.5 Å². The van der Waals surface area contributed by atoms with E-state index >= 15 is 0 Å². The van der Waals surface area contributed by atoms with Gasteiger partial charge in [0.1, 0.15) is 18.0 Å². The SMILES string of the molecule is O=c1nc2[nH]ccc2cn1[C@H]1C[C@@H](O)[C@@H](CO)O1. The van der Waals surface area contributed by atoms with Gasteiger partial charge in [0, 0.05) is 24.2 Å². The molecule has 1 aliphatic heterocycles. The Balaban J connectivity index is 1.99. The minimum absolute atomic E-state index is 0.267. The quantitative estimate of drug-likeness (QED) is 0.659. The van der Waals surface area contributed by atoms with E-state index in [-0.39, 0.29) is 13.0 Å². The second kappa shape index (κ2) is 4.20. The predicted molar refractivity (Wildman–Crippen MR) is 62.0 cm³/mol. The fourth-order valence-electron chi connectivity index (χ4n) is 2.19. The second-order valence-electron chi connectivity index (χ2n) is 4.33. The fourth-order valence-corrected chi connectivity index (χ4v) is 2.19. The van der Waals surface area contributed by atoms with Crippen LogP contribution in [-0.4, -0.2) is 43.6 Å². The maximum Gasteiger partial charge on any atom is 0.351 e. The van der Waals surface area contributed by atoms with E-state index in [0.717, 1.165) is 5.39 Å². The van der Waals surface area contributed by atoms with Gasteiger partial charge in [-0.25, -0.2) is 4.79 Å². The summed E-state index contributed by atoms with van der Waals surface area (Å²) in [4.78, 5) is 18.6. The molecule has 3 rings (SSSR count). The number of aliphatic hydroxyl groups is 2. The van der Waals surface area contributed by atoms with Gasteiger partial charge in [0.05, 0.1) is 12.7 Å². The van der Waals surface area contributed by atoms with Gasteiger partial charge < -0.3 is 19.9 Å². The molecule has 3 N–H and O–H groups in total. The van der Waals surface area contributed by atoms with Crippen molar-refractivity contribution in [3.05, 3.63) is 28.9 Å². The molecule has 1 aliphatic rings. The van der Waals surface area contributed by atoms with Crippen molar-refractivity contribution in [1.82, 2.24) is 14.5 Å². The molecule has 96 valence electrons. The van der Waals surface area contributed by atoms with Crippen molar-refractivity contribution in [1.29, 1.82) is 0 Å². The molecule has 2 aromatic heterocycles. The van der Waals surface area contributed by atoms with E-state index in [0.29, 0.717) is 5.65 Å². The van der Waals surface area contributed by atoms with Crippen LogP contribution in [0.4, 0.5) is 0 Å². The third kappa shape index (κ3) is 1.72. The minimum atomic E-state index is -0.770. The highest BCUT2D eigenvalue weighted by Crippen LogP contribution is 2.27. The average Bonchev–Trinajstić information content (AvgIpc) is 2.93. The highest BCUT2D eigenvalue weighted by Gasteiger charge is 2.35. The molecule has 1 saturated heterocycles. The first-order valence-corrected chi connectivity index (χ1v) is 5.69. The number of nitrogens with zero attached hydrogens (tertiary/aromatic N) is 2. The second-order valence-corrected chi connectivity index (χ2v) is 4.33. The maximum absolute atomic E-state index is 11.8. The number of aromatic amines is 1. The molecule has 0 bridgehead atoms. The van der Waals surface area contributed by atoms with Gasteiger partial charge in [0.2, 0.25) is 0 Å². The Morgan fingerprint density at radius 3 is 3.17 bits per heavy atom. The zero-order valence-corrected chi connectivity index (χ0v) is 9.48. The molecule has 0 aliphatic carbocycles. The van der Waals surface area contributed by atoms with E-state index in [1.807, 2.05) is 0 Å². The lowest BCUT2D eigenvalue weighted by Gasteiger charge is -2.14. The van der Waals surface area contributed by atoms with Crippen LogP contribution in [0.1, 0.15) is 12.6 Å². The van der Waals surface area contributed by atoms with Gasteiger partial charge in [0.15, 0.2) is 0 Å². The highest BCUT2D eigenvalue weighted by molar-refractivity contribution is 5.73. The van der Waals surface area contributed by atoms with Gasteiger partial charge >= 0.3 is 5.69 Å². The van der Waals surface area contributed by atoms with E-state index in [4.69, 9.17) is 9.84 Å². The van der Waals surface area contributed by atoms with Crippen LogP contribution < -0.4 is 5.69 Å². The van der Waals surface area contributed by atoms with Crippen molar-refractivity contribution in [3.63, 3.8) is 0 Å². The smallest absolute Gasteiger partial charge is 0.351 e. The van der Waals surface area contributed by atoms with Gasteiger partial charge in [0.25, 0.3) is 0 Å². The molecule has 18 heavy (non-hydrogen) atoms. The van der Waals surface area contributed by atoms with Crippen molar-refractivity contribution in [3.8, 4) is 0 Å².